The minimum Gasteiger partial charge on any atom is -0.460 e. The second-order valence-electron chi connectivity index (χ2n) is 8.26. The molecule has 3 rings (SSSR count). The first-order valence-corrected chi connectivity index (χ1v) is 11.0. The van der Waals surface area contributed by atoms with E-state index in [0.29, 0.717) is 11.3 Å². The van der Waals surface area contributed by atoms with Crippen molar-refractivity contribution in [3.05, 3.63) is 75.6 Å². The molecule has 6 nitrogen and oxygen atoms in total. The summed E-state index contributed by atoms with van der Waals surface area (Å²) in [5.41, 5.74) is 1.76. The van der Waals surface area contributed by atoms with E-state index in [9.17, 15) is 14.4 Å². The summed E-state index contributed by atoms with van der Waals surface area (Å²) in [7, 11) is 0. The molecule has 1 aromatic heterocycles. The molecule has 0 aliphatic carbocycles. The van der Waals surface area contributed by atoms with Gasteiger partial charge in [-0.1, -0.05) is 51.8 Å². The van der Waals surface area contributed by atoms with Crippen LogP contribution in [-0.2, 0) is 11.2 Å². The van der Waals surface area contributed by atoms with Crippen molar-refractivity contribution in [2.45, 2.75) is 46.5 Å². The number of hydrogen-bond acceptors (Lipinski definition) is 5. The Morgan fingerprint density at radius 1 is 1.06 bits per heavy atom. The number of carbonyl (C=O) groups is 2. The van der Waals surface area contributed by atoms with Crippen molar-refractivity contribution in [1.82, 2.24) is 0 Å². The number of benzene rings is 2. The van der Waals surface area contributed by atoms with Gasteiger partial charge in [-0.25, -0.2) is 4.79 Å². The Morgan fingerprint density at radius 3 is 2.50 bits per heavy atom. The molecule has 0 unspecified atom stereocenters. The Balaban J connectivity index is 1.82. The highest BCUT2D eigenvalue weighted by Crippen LogP contribution is 2.23. The second kappa shape index (κ2) is 10.8. The van der Waals surface area contributed by atoms with E-state index in [4.69, 9.17) is 9.15 Å². The number of ether oxygens (including phenoxy) is 1. The number of hydrogen-bond donors (Lipinski definition) is 1. The second-order valence-corrected chi connectivity index (χ2v) is 8.26. The van der Waals surface area contributed by atoms with Gasteiger partial charge in [0, 0.05) is 11.6 Å². The Kier molecular flexibility index (Phi) is 7.82. The lowest BCUT2D eigenvalue weighted by atomic mass is 10.0. The molecule has 1 heterocycles. The zero-order valence-electron chi connectivity index (χ0n) is 18.8. The first-order chi connectivity index (χ1) is 15.4. The van der Waals surface area contributed by atoms with E-state index in [0.717, 1.165) is 18.9 Å². The summed E-state index contributed by atoms with van der Waals surface area (Å²) in [4.78, 5) is 37.6. The topological polar surface area (TPSA) is 85.6 Å². The molecule has 0 saturated heterocycles. The van der Waals surface area contributed by atoms with Gasteiger partial charge >= 0.3 is 5.97 Å². The lowest BCUT2D eigenvalue weighted by Crippen LogP contribution is -2.15. The van der Waals surface area contributed by atoms with Crippen molar-refractivity contribution in [1.29, 1.82) is 0 Å². The standard InChI is InChI=1S/C26H29NO5/c1-4-5-6-8-18-11-13-19(14-12-18)25(29)27-21-10-7-9-20-22(28)15-23(32-24(20)21)26(30)31-16-17(2)3/h7,9-15,17H,4-6,8,16H2,1-3H3,(H,27,29). The number of aryl methyl sites for hydroxylation is 1. The normalized spacial score (nSPS) is 11.0. The van der Waals surface area contributed by atoms with Gasteiger partial charge in [0.15, 0.2) is 11.0 Å². The van der Waals surface area contributed by atoms with Crippen molar-refractivity contribution in [3.8, 4) is 0 Å². The van der Waals surface area contributed by atoms with Gasteiger partial charge in [0.25, 0.3) is 5.91 Å². The minimum atomic E-state index is -0.711. The molecule has 32 heavy (non-hydrogen) atoms. The lowest BCUT2D eigenvalue weighted by Gasteiger charge is -2.10. The number of anilines is 1. The molecule has 0 bridgehead atoms. The largest absolute Gasteiger partial charge is 0.460 e. The molecule has 0 radical (unpaired) electrons. The Bertz CT molecular complexity index is 1150. The van der Waals surface area contributed by atoms with Gasteiger partial charge in [-0.3, -0.25) is 9.59 Å². The summed E-state index contributed by atoms with van der Waals surface area (Å²) in [6.07, 6.45) is 4.46. The van der Waals surface area contributed by atoms with Gasteiger partial charge in [0.2, 0.25) is 5.76 Å². The lowest BCUT2D eigenvalue weighted by molar-refractivity contribution is 0.0423. The van der Waals surface area contributed by atoms with Crippen LogP contribution in [0.4, 0.5) is 5.69 Å². The molecule has 1 amide bonds. The van der Waals surface area contributed by atoms with Crippen LogP contribution in [0.5, 0.6) is 0 Å². The molecule has 168 valence electrons. The molecule has 0 aliphatic rings. The van der Waals surface area contributed by atoms with Crippen molar-refractivity contribution < 1.29 is 18.7 Å². The molecule has 0 spiro atoms. The maximum absolute atomic E-state index is 12.8. The van der Waals surface area contributed by atoms with Crippen LogP contribution in [0.3, 0.4) is 0 Å². The molecule has 0 fully saturated rings. The van der Waals surface area contributed by atoms with Gasteiger partial charge in [0.1, 0.15) is 0 Å². The molecule has 3 aromatic rings. The fraction of sp³-hybridized carbons (Fsp3) is 0.346. The molecular formula is C26H29NO5. The minimum absolute atomic E-state index is 0.140. The molecule has 0 atom stereocenters. The summed E-state index contributed by atoms with van der Waals surface area (Å²) in [5.74, 6) is -1.08. The Labute approximate surface area is 187 Å². The van der Waals surface area contributed by atoms with E-state index >= 15 is 0 Å². The summed E-state index contributed by atoms with van der Waals surface area (Å²) in [5, 5.41) is 3.07. The molecule has 1 N–H and O–H groups in total. The van der Waals surface area contributed by atoms with E-state index in [1.54, 1.807) is 30.3 Å². The summed E-state index contributed by atoms with van der Waals surface area (Å²) >= 11 is 0. The smallest absolute Gasteiger partial charge is 0.374 e. The number of nitrogens with one attached hydrogen (secondary N) is 1. The number of unbranched alkanes of at least 4 members (excludes halogenated alkanes) is 2. The van der Waals surface area contributed by atoms with E-state index < -0.39 is 5.97 Å². The fourth-order valence-electron chi connectivity index (χ4n) is 3.29. The third-order valence-corrected chi connectivity index (χ3v) is 5.04. The van der Waals surface area contributed by atoms with E-state index in [1.165, 1.54) is 18.4 Å². The third kappa shape index (κ3) is 5.84. The van der Waals surface area contributed by atoms with Gasteiger partial charge in [-0.05, 0) is 48.6 Å². The van der Waals surface area contributed by atoms with E-state index in [2.05, 4.69) is 12.2 Å². The number of para-hydroxylation sites is 1. The highest BCUT2D eigenvalue weighted by atomic mass is 16.5. The van der Waals surface area contributed by atoms with E-state index in [1.807, 2.05) is 26.0 Å². The Hall–Kier alpha value is -3.41. The molecule has 0 aliphatic heterocycles. The van der Waals surface area contributed by atoms with Gasteiger partial charge in [-0.15, -0.1) is 0 Å². The number of esters is 1. The fourth-order valence-corrected chi connectivity index (χ4v) is 3.29. The van der Waals surface area contributed by atoms with Crippen molar-refractivity contribution in [3.63, 3.8) is 0 Å². The monoisotopic (exact) mass is 435 g/mol. The van der Waals surface area contributed by atoms with Crippen LogP contribution in [0.15, 0.2) is 57.7 Å². The summed E-state index contributed by atoms with van der Waals surface area (Å²) in [6, 6.07) is 13.5. The zero-order chi connectivity index (χ0) is 23.1. The van der Waals surface area contributed by atoms with Gasteiger partial charge < -0.3 is 14.5 Å². The SMILES string of the molecule is CCCCCc1ccc(C(=O)Nc2cccc3c(=O)cc(C(=O)OCC(C)C)oc23)cc1. The molecule has 6 heteroatoms. The van der Waals surface area contributed by atoms with Crippen molar-refractivity contribution in [2.75, 3.05) is 11.9 Å². The predicted octanol–water partition coefficient (Wildman–Crippen LogP) is 5.59. The maximum Gasteiger partial charge on any atom is 0.374 e. The van der Waals surface area contributed by atoms with Crippen LogP contribution >= 0.6 is 0 Å². The molecule has 2 aromatic carbocycles. The first-order valence-electron chi connectivity index (χ1n) is 11.0. The zero-order valence-corrected chi connectivity index (χ0v) is 18.8. The molecule has 0 saturated carbocycles. The van der Waals surface area contributed by atoms with Crippen LogP contribution in [-0.4, -0.2) is 18.5 Å². The highest BCUT2D eigenvalue weighted by Gasteiger charge is 2.17. The van der Waals surface area contributed by atoms with Crippen LogP contribution in [0.1, 0.15) is 66.5 Å². The maximum atomic E-state index is 12.8. The number of fused-ring (bicyclic) bond motifs is 1. The van der Waals surface area contributed by atoms with Crippen LogP contribution in [0, 0.1) is 5.92 Å². The molecular weight excluding hydrogens is 406 g/mol. The number of rotatable bonds is 9. The van der Waals surface area contributed by atoms with Crippen molar-refractivity contribution in [2.24, 2.45) is 5.92 Å². The predicted molar refractivity (Wildman–Crippen MR) is 125 cm³/mol. The number of amides is 1. The summed E-state index contributed by atoms with van der Waals surface area (Å²) in [6.45, 7) is 6.21. The van der Waals surface area contributed by atoms with Crippen molar-refractivity contribution >= 4 is 28.5 Å². The van der Waals surface area contributed by atoms with Crippen LogP contribution in [0.2, 0.25) is 0 Å². The average molecular weight is 436 g/mol. The summed E-state index contributed by atoms with van der Waals surface area (Å²) < 4.78 is 10.9. The third-order valence-electron chi connectivity index (χ3n) is 5.04. The highest BCUT2D eigenvalue weighted by molar-refractivity contribution is 6.08. The van der Waals surface area contributed by atoms with Gasteiger partial charge in [-0.2, -0.15) is 0 Å². The van der Waals surface area contributed by atoms with Crippen LogP contribution < -0.4 is 10.7 Å². The van der Waals surface area contributed by atoms with E-state index in [-0.39, 0.29) is 40.6 Å². The number of carbonyl (C=O) groups excluding carboxylic acids is 2. The Morgan fingerprint density at radius 2 is 1.81 bits per heavy atom. The first kappa shape index (κ1) is 23.3. The van der Waals surface area contributed by atoms with Gasteiger partial charge in [0.05, 0.1) is 17.7 Å². The quantitative estimate of drug-likeness (QED) is 0.350. The van der Waals surface area contributed by atoms with Crippen LogP contribution in [0.25, 0.3) is 11.0 Å². The average Bonchev–Trinajstić information content (AvgIpc) is 2.78.